The van der Waals surface area contributed by atoms with Gasteiger partial charge in [-0.1, -0.05) is 19.9 Å². The van der Waals surface area contributed by atoms with E-state index < -0.39 is 0 Å². The smallest absolute Gasteiger partial charge is 0.165 e. The van der Waals surface area contributed by atoms with E-state index in [1.807, 2.05) is 6.07 Å². The minimum absolute atomic E-state index is 0.289. The van der Waals surface area contributed by atoms with Gasteiger partial charge in [0.2, 0.25) is 0 Å². The molecule has 3 heteroatoms. The molecule has 0 aliphatic carbocycles. The van der Waals surface area contributed by atoms with E-state index in [2.05, 4.69) is 13.8 Å². The number of rotatable bonds is 5. The monoisotopic (exact) mass is 225 g/mol. The standard InChI is InChI=1S/C13H20FNO/c1-9(2)11(8-15)6-10-4-5-13(16-3)12(14)7-10/h4-5,7,9,11H,6,8,15H2,1-3H3. The second-order valence-electron chi connectivity index (χ2n) is 4.41. The van der Waals surface area contributed by atoms with Crippen molar-refractivity contribution < 1.29 is 9.13 Å². The van der Waals surface area contributed by atoms with E-state index in [0.29, 0.717) is 18.4 Å². The Hall–Kier alpha value is -1.09. The minimum atomic E-state index is -0.306. The van der Waals surface area contributed by atoms with Crippen molar-refractivity contribution in [2.45, 2.75) is 20.3 Å². The molecular formula is C13H20FNO. The molecule has 0 heterocycles. The van der Waals surface area contributed by atoms with Gasteiger partial charge in [0.15, 0.2) is 11.6 Å². The summed E-state index contributed by atoms with van der Waals surface area (Å²) in [6.45, 7) is 4.90. The zero-order valence-corrected chi connectivity index (χ0v) is 10.2. The van der Waals surface area contributed by atoms with Crippen LogP contribution in [0.1, 0.15) is 19.4 Å². The Morgan fingerprint density at radius 1 is 1.38 bits per heavy atom. The van der Waals surface area contributed by atoms with Crippen molar-refractivity contribution in [3.63, 3.8) is 0 Å². The Morgan fingerprint density at radius 2 is 2.06 bits per heavy atom. The van der Waals surface area contributed by atoms with E-state index in [0.717, 1.165) is 12.0 Å². The maximum atomic E-state index is 13.4. The first-order chi connectivity index (χ1) is 7.58. The lowest BCUT2D eigenvalue weighted by Crippen LogP contribution is -2.22. The van der Waals surface area contributed by atoms with Gasteiger partial charge >= 0.3 is 0 Å². The highest BCUT2D eigenvalue weighted by Crippen LogP contribution is 2.21. The molecule has 0 saturated heterocycles. The maximum absolute atomic E-state index is 13.4. The lowest BCUT2D eigenvalue weighted by molar-refractivity contribution is 0.380. The third kappa shape index (κ3) is 3.20. The molecule has 1 atom stereocenters. The quantitative estimate of drug-likeness (QED) is 0.836. The van der Waals surface area contributed by atoms with E-state index in [1.54, 1.807) is 6.07 Å². The van der Waals surface area contributed by atoms with Gasteiger partial charge in [0.05, 0.1) is 7.11 Å². The van der Waals surface area contributed by atoms with Crippen LogP contribution in [0.25, 0.3) is 0 Å². The number of methoxy groups -OCH3 is 1. The SMILES string of the molecule is COc1ccc(CC(CN)C(C)C)cc1F. The van der Waals surface area contributed by atoms with Crippen molar-refractivity contribution in [2.24, 2.45) is 17.6 Å². The van der Waals surface area contributed by atoms with Crippen LogP contribution in [0.4, 0.5) is 4.39 Å². The first kappa shape index (κ1) is 13.0. The average Bonchev–Trinajstić information content (AvgIpc) is 2.25. The van der Waals surface area contributed by atoms with E-state index in [9.17, 15) is 4.39 Å². The number of hydrogen-bond acceptors (Lipinski definition) is 2. The summed E-state index contributed by atoms with van der Waals surface area (Å²) in [5.74, 6) is 0.889. The van der Waals surface area contributed by atoms with Crippen molar-refractivity contribution in [1.82, 2.24) is 0 Å². The summed E-state index contributed by atoms with van der Waals surface area (Å²) in [5, 5.41) is 0. The molecule has 1 rings (SSSR count). The number of nitrogens with two attached hydrogens (primary N) is 1. The molecule has 0 radical (unpaired) electrons. The zero-order valence-electron chi connectivity index (χ0n) is 10.2. The summed E-state index contributed by atoms with van der Waals surface area (Å²) in [5.41, 5.74) is 6.67. The molecule has 0 bridgehead atoms. The first-order valence-corrected chi connectivity index (χ1v) is 5.61. The molecule has 2 nitrogen and oxygen atoms in total. The van der Waals surface area contributed by atoms with Crippen LogP contribution >= 0.6 is 0 Å². The highest BCUT2D eigenvalue weighted by Gasteiger charge is 2.13. The van der Waals surface area contributed by atoms with Crippen LogP contribution < -0.4 is 10.5 Å². The van der Waals surface area contributed by atoms with Crippen molar-refractivity contribution >= 4 is 0 Å². The molecule has 1 aromatic rings. The van der Waals surface area contributed by atoms with E-state index >= 15 is 0 Å². The van der Waals surface area contributed by atoms with Crippen molar-refractivity contribution in [2.75, 3.05) is 13.7 Å². The van der Waals surface area contributed by atoms with Crippen molar-refractivity contribution in [3.05, 3.63) is 29.6 Å². The molecule has 2 N–H and O–H groups in total. The molecule has 1 aromatic carbocycles. The Bertz CT molecular complexity index is 339. The van der Waals surface area contributed by atoms with Crippen LogP contribution in [-0.4, -0.2) is 13.7 Å². The predicted molar refractivity (Wildman–Crippen MR) is 64.0 cm³/mol. The highest BCUT2D eigenvalue weighted by atomic mass is 19.1. The third-order valence-electron chi connectivity index (χ3n) is 2.96. The number of ether oxygens (including phenoxy) is 1. The van der Waals surface area contributed by atoms with Crippen molar-refractivity contribution in [3.8, 4) is 5.75 Å². The molecule has 0 spiro atoms. The van der Waals surface area contributed by atoms with Gasteiger partial charge in [-0.25, -0.2) is 4.39 Å². The molecule has 0 fully saturated rings. The van der Waals surface area contributed by atoms with Gasteiger partial charge in [0, 0.05) is 0 Å². The van der Waals surface area contributed by atoms with Crippen LogP contribution in [0.3, 0.4) is 0 Å². The maximum Gasteiger partial charge on any atom is 0.165 e. The summed E-state index contributed by atoms with van der Waals surface area (Å²) in [6.07, 6.45) is 0.815. The van der Waals surface area contributed by atoms with Gasteiger partial charge in [-0.3, -0.25) is 0 Å². The van der Waals surface area contributed by atoms with Crippen LogP contribution in [0.2, 0.25) is 0 Å². The second kappa shape index (κ2) is 5.85. The topological polar surface area (TPSA) is 35.2 Å². The minimum Gasteiger partial charge on any atom is -0.494 e. The molecule has 0 amide bonds. The lowest BCUT2D eigenvalue weighted by atomic mass is 9.89. The van der Waals surface area contributed by atoms with Crippen LogP contribution in [0, 0.1) is 17.7 Å². The van der Waals surface area contributed by atoms with Gasteiger partial charge in [-0.05, 0) is 42.5 Å². The fourth-order valence-corrected chi connectivity index (χ4v) is 1.73. The van der Waals surface area contributed by atoms with Gasteiger partial charge in [0.25, 0.3) is 0 Å². The molecule has 0 saturated carbocycles. The van der Waals surface area contributed by atoms with Gasteiger partial charge in [-0.2, -0.15) is 0 Å². The van der Waals surface area contributed by atoms with Crippen LogP contribution in [0.15, 0.2) is 18.2 Å². The van der Waals surface area contributed by atoms with Gasteiger partial charge < -0.3 is 10.5 Å². The summed E-state index contributed by atoms with van der Waals surface area (Å²) in [6, 6.07) is 5.09. The molecule has 0 aliphatic heterocycles. The predicted octanol–water partition coefficient (Wildman–Crippen LogP) is 2.61. The average molecular weight is 225 g/mol. The number of benzene rings is 1. The Labute approximate surface area is 96.6 Å². The first-order valence-electron chi connectivity index (χ1n) is 5.61. The van der Waals surface area contributed by atoms with Crippen LogP contribution in [0.5, 0.6) is 5.75 Å². The zero-order chi connectivity index (χ0) is 12.1. The lowest BCUT2D eigenvalue weighted by Gasteiger charge is -2.18. The summed E-state index contributed by atoms with van der Waals surface area (Å²) >= 11 is 0. The molecule has 16 heavy (non-hydrogen) atoms. The van der Waals surface area contributed by atoms with E-state index in [1.165, 1.54) is 13.2 Å². The third-order valence-corrected chi connectivity index (χ3v) is 2.96. The Morgan fingerprint density at radius 3 is 2.50 bits per heavy atom. The molecular weight excluding hydrogens is 205 g/mol. The highest BCUT2D eigenvalue weighted by molar-refractivity contribution is 5.29. The number of hydrogen-bond donors (Lipinski definition) is 1. The van der Waals surface area contributed by atoms with Gasteiger partial charge in [0.1, 0.15) is 0 Å². The second-order valence-corrected chi connectivity index (χ2v) is 4.41. The molecule has 0 aromatic heterocycles. The normalized spacial score (nSPS) is 12.9. The summed E-state index contributed by atoms with van der Waals surface area (Å²) in [4.78, 5) is 0. The van der Waals surface area contributed by atoms with E-state index in [4.69, 9.17) is 10.5 Å². The summed E-state index contributed by atoms with van der Waals surface area (Å²) in [7, 11) is 1.47. The largest absolute Gasteiger partial charge is 0.494 e. The van der Waals surface area contributed by atoms with E-state index in [-0.39, 0.29) is 11.6 Å². The Kier molecular flexibility index (Phi) is 4.74. The Balaban J connectivity index is 2.78. The molecule has 90 valence electrons. The van der Waals surface area contributed by atoms with Crippen LogP contribution in [-0.2, 0) is 6.42 Å². The summed E-state index contributed by atoms with van der Waals surface area (Å²) < 4.78 is 18.3. The molecule has 1 unspecified atom stereocenters. The van der Waals surface area contributed by atoms with Crippen molar-refractivity contribution in [1.29, 1.82) is 0 Å². The fourth-order valence-electron chi connectivity index (χ4n) is 1.73. The number of halogens is 1. The van der Waals surface area contributed by atoms with Gasteiger partial charge in [-0.15, -0.1) is 0 Å². The fraction of sp³-hybridized carbons (Fsp3) is 0.538. The molecule has 0 aliphatic rings.